The standard InChI is InChI=1S/C37H37FN6O5/c1-23-30(19-40-37(41-23)43-14-3-2-4-15-43)36(47)44-20-32-33(21-44)49-27-11-8-24(9-12-27)18-39-34(45)22-48-28-7-5-6-25(16-28)26-10-13-31(38)29(17-26)35(46)42-32/h5-13,16-17,19,32-33H,2-4,14-15,18,20-22H2,1H3,(H,39,45)(H,42,46)/t32-,33-/m0/s1. The van der Waals surface area contributed by atoms with Crippen molar-refractivity contribution in [3.8, 4) is 22.6 Å². The Morgan fingerprint density at radius 2 is 1.73 bits per heavy atom. The molecule has 1 aromatic heterocycles. The van der Waals surface area contributed by atoms with Crippen LogP contribution >= 0.6 is 0 Å². The maximum atomic E-state index is 15.2. The normalized spacial score (nSPS) is 19.6. The van der Waals surface area contributed by atoms with Crippen LogP contribution in [-0.4, -0.2) is 77.5 Å². The van der Waals surface area contributed by atoms with E-state index in [0.717, 1.165) is 31.5 Å². The molecule has 4 aliphatic heterocycles. The number of anilines is 1. The molecule has 4 aliphatic rings. The van der Waals surface area contributed by atoms with E-state index in [2.05, 4.69) is 25.5 Å². The second-order valence-corrected chi connectivity index (χ2v) is 12.6. The van der Waals surface area contributed by atoms with Crippen molar-refractivity contribution in [2.24, 2.45) is 0 Å². The highest BCUT2D eigenvalue weighted by Crippen LogP contribution is 2.28. The van der Waals surface area contributed by atoms with Crippen LogP contribution in [0.1, 0.15) is 51.2 Å². The molecular formula is C37H37FN6O5. The summed E-state index contributed by atoms with van der Waals surface area (Å²) in [6.07, 6.45) is 4.29. The molecule has 2 N–H and O–H groups in total. The number of halogens is 1. The minimum atomic E-state index is -0.687. The van der Waals surface area contributed by atoms with Gasteiger partial charge in [0, 0.05) is 32.4 Å². The van der Waals surface area contributed by atoms with Crippen molar-refractivity contribution >= 4 is 23.7 Å². The Hall–Kier alpha value is -5.52. The van der Waals surface area contributed by atoms with Crippen LogP contribution in [0.2, 0.25) is 0 Å². The molecule has 2 saturated heterocycles. The number of carbonyl (C=O) groups is 3. The van der Waals surface area contributed by atoms with E-state index in [1.165, 1.54) is 18.6 Å². The molecule has 0 radical (unpaired) electrons. The van der Waals surface area contributed by atoms with Crippen molar-refractivity contribution in [1.29, 1.82) is 0 Å². The lowest BCUT2D eigenvalue weighted by atomic mass is 10.0. The van der Waals surface area contributed by atoms with Crippen LogP contribution in [0.5, 0.6) is 11.5 Å². The molecule has 49 heavy (non-hydrogen) atoms. The first-order valence-corrected chi connectivity index (χ1v) is 16.5. The Balaban J connectivity index is 1.18. The average molecular weight is 665 g/mol. The maximum absolute atomic E-state index is 15.2. The Morgan fingerprint density at radius 1 is 0.939 bits per heavy atom. The van der Waals surface area contributed by atoms with E-state index in [9.17, 15) is 14.4 Å². The lowest BCUT2D eigenvalue weighted by Crippen LogP contribution is -2.45. The molecule has 4 aromatic rings. The third-order valence-corrected chi connectivity index (χ3v) is 9.15. The number of piperidine rings is 1. The molecule has 0 unspecified atom stereocenters. The number of fused-ring (bicyclic) bond motifs is 7. The first kappa shape index (κ1) is 32.0. The van der Waals surface area contributed by atoms with Gasteiger partial charge in [0.05, 0.1) is 29.4 Å². The van der Waals surface area contributed by atoms with Gasteiger partial charge in [0.25, 0.3) is 17.7 Å². The van der Waals surface area contributed by atoms with Crippen LogP contribution in [0.15, 0.2) is 72.9 Å². The molecule has 0 aliphatic carbocycles. The average Bonchev–Trinajstić information content (AvgIpc) is 3.52. The number of aryl methyl sites for hydroxylation is 1. The van der Waals surface area contributed by atoms with Crippen molar-refractivity contribution in [3.05, 3.63) is 101 Å². The highest BCUT2D eigenvalue weighted by molar-refractivity contribution is 5.97. The number of nitrogens with zero attached hydrogens (tertiary/aromatic N) is 4. The zero-order chi connectivity index (χ0) is 33.9. The molecule has 6 bridgehead atoms. The van der Waals surface area contributed by atoms with Gasteiger partial charge < -0.3 is 29.9 Å². The fourth-order valence-corrected chi connectivity index (χ4v) is 6.43. The third-order valence-electron chi connectivity index (χ3n) is 9.15. The lowest BCUT2D eigenvalue weighted by Gasteiger charge is -2.27. The molecule has 2 fully saturated rings. The topological polar surface area (TPSA) is 126 Å². The molecule has 11 nitrogen and oxygen atoms in total. The number of hydrogen-bond donors (Lipinski definition) is 2. The molecular weight excluding hydrogens is 627 g/mol. The lowest BCUT2D eigenvalue weighted by molar-refractivity contribution is -0.123. The highest BCUT2D eigenvalue weighted by Gasteiger charge is 2.39. The summed E-state index contributed by atoms with van der Waals surface area (Å²) in [5.41, 5.74) is 2.93. The fraction of sp³-hybridized carbons (Fsp3) is 0.324. The van der Waals surface area contributed by atoms with Crippen molar-refractivity contribution < 1.29 is 28.2 Å². The quantitative estimate of drug-likeness (QED) is 0.325. The van der Waals surface area contributed by atoms with Crippen LogP contribution in [-0.2, 0) is 11.3 Å². The van der Waals surface area contributed by atoms with Crippen LogP contribution in [0.3, 0.4) is 0 Å². The van der Waals surface area contributed by atoms with Gasteiger partial charge in [-0.05, 0) is 79.3 Å². The predicted octanol–water partition coefficient (Wildman–Crippen LogP) is 4.29. The number of nitrogens with one attached hydrogen (secondary N) is 2. The molecule has 5 heterocycles. The smallest absolute Gasteiger partial charge is 0.258 e. The Bertz CT molecular complexity index is 1880. The minimum Gasteiger partial charge on any atom is -0.486 e. The number of benzene rings is 3. The molecule has 3 aromatic carbocycles. The van der Waals surface area contributed by atoms with Crippen molar-refractivity contribution in [3.63, 3.8) is 0 Å². The first-order valence-electron chi connectivity index (χ1n) is 16.5. The van der Waals surface area contributed by atoms with Crippen LogP contribution < -0.4 is 25.0 Å². The molecule has 0 spiro atoms. The first-order chi connectivity index (χ1) is 23.8. The van der Waals surface area contributed by atoms with E-state index < -0.39 is 23.9 Å². The zero-order valence-electron chi connectivity index (χ0n) is 27.2. The van der Waals surface area contributed by atoms with Crippen LogP contribution in [0.25, 0.3) is 11.1 Å². The number of likely N-dealkylation sites (tertiary alicyclic amines) is 1. The van der Waals surface area contributed by atoms with Crippen LogP contribution in [0, 0.1) is 12.7 Å². The number of rotatable bonds is 2. The minimum absolute atomic E-state index is 0.132. The third kappa shape index (κ3) is 7.18. The largest absolute Gasteiger partial charge is 0.486 e. The predicted molar refractivity (Wildman–Crippen MR) is 180 cm³/mol. The summed E-state index contributed by atoms with van der Waals surface area (Å²) >= 11 is 0. The molecule has 8 rings (SSSR count). The summed E-state index contributed by atoms with van der Waals surface area (Å²) in [5.74, 6) is -0.294. The van der Waals surface area contributed by atoms with Crippen molar-refractivity contribution in [2.45, 2.75) is 44.9 Å². The maximum Gasteiger partial charge on any atom is 0.258 e. The van der Waals surface area contributed by atoms with Gasteiger partial charge in [-0.1, -0.05) is 30.3 Å². The summed E-state index contributed by atoms with van der Waals surface area (Å²) in [6.45, 7) is 3.99. The van der Waals surface area contributed by atoms with Crippen LogP contribution in [0.4, 0.5) is 10.3 Å². The monoisotopic (exact) mass is 664 g/mol. The van der Waals surface area contributed by atoms with E-state index in [1.54, 1.807) is 54.4 Å². The van der Waals surface area contributed by atoms with Gasteiger partial charge in [-0.3, -0.25) is 14.4 Å². The number of carbonyl (C=O) groups excluding carboxylic acids is 3. The summed E-state index contributed by atoms with van der Waals surface area (Å²) in [6, 6.07) is 17.9. The Labute approximate surface area is 283 Å². The van der Waals surface area contributed by atoms with Gasteiger partial charge in [-0.2, -0.15) is 0 Å². The van der Waals surface area contributed by atoms with Gasteiger partial charge in [-0.25, -0.2) is 14.4 Å². The van der Waals surface area contributed by atoms with Gasteiger partial charge in [-0.15, -0.1) is 0 Å². The number of hydrogen-bond acceptors (Lipinski definition) is 8. The number of ether oxygens (including phenoxy) is 2. The SMILES string of the molecule is Cc1nc(N2CCCCC2)ncc1C(=O)N1C[C@@H]2NC(=O)c3cc(ccc3F)-c3cccc(c3)OCC(=O)NCc3ccc(cc3)O[C@H]2C1. The summed E-state index contributed by atoms with van der Waals surface area (Å²) in [5, 5.41) is 5.80. The summed E-state index contributed by atoms with van der Waals surface area (Å²) < 4.78 is 27.2. The second kappa shape index (κ2) is 13.9. The number of amides is 3. The molecule has 2 atom stereocenters. The van der Waals surface area contributed by atoms with E-state index in [0.29, 0.717) is 46.4 Å². The molecule has 3 amide bonds. The Morgan fingerprint density at radius 3 is 2.53 bits per heavy atom. The summed E-state index contributed by atoms with van der Waals surface area (Å²) in [4.78, 5) is 53.0. The molecule has 252 valence electrons. The number of aromatic nitrogens is 2. The van der Waals surface area contributed by atoms with Gasteiger partial charge in [0.15, 0.2) is 6.61 Å². The summed E-state index contributed by atoms with van der Waals surface area (Å²) in [7, 11) is 0. The second-order valence-electron chi connectivity index (χ2n) is 12.6. The van der Waals surface area contributed by atoms with Gasteiger partial charge in [0.2, 0.25) is 5.95 Å². The van der Waals surface area contributed by atoms with Crippen molar-refractivity contribution in [2.75, 3.05) is 37.7 Å². The van der Waals surface area contributed by atoms with Gasteiger partial charge >= 0.3 is 0 Å². The fourth-order valence-electron chi connectivity index (χ4n) is 6.43. The Kier molecular flexibility index (Phi) is 9.10. The molecule has 0 saturated carbocycles. The highest BCUT2D eigenvalue weighted by atomic mass is 19.1. The van der Waals surface area contributed by atoms with E-state index >= 15 is 4.39 Å². The van der Waals surface area contributed by atoms with E-state index in [4.69, 9.17) is 9.47 Å². The van der Waals surface area contributed by atoms with Gasteiger partial charge in [0.1, 0.15) is 23.4 Å². The molecule has 12 heteroatoms. The van der Waals surface area contributed by atoms with E-state index in [-0.39, 0.29) is 37.1 Å². The van der Waals surface area contributed by atoms with Crippen molar-refractivity contribution in [1.82, 2.24) is 25.5 Å². The van der Waals surface area contributed by atoms with E-state index in [1.807, 2.05) is 18.2 Å². The zero-order valence-corrected chi connectivity index (χ0v) is 27.2.